The number of methoxy groups -OCH3 is 2. The van der Waals surface area contributed by atoms with Crippen LogP contribution < -0.4 is 20.5 Å². The molecule has 2 amide bonds. The predicted octanol–water partition coefficient (Wildman–Crippen LogP) is 2.84. The first-order valence-electron chi connectivity index (χ1n) is 9.14. The van der Waals surface area contributed by atoms with Crippen LogP contribution >= 0.6 is 27.3 Å². The number of halogens is 1. The van der Waals surface area contributed by atoms with E-state index in [4.69, 9.17) is 19.9 Å². The molecule has 1 aliphatic carbocycles. The molecule has 0 atom stereocenters. The highest BCUT2D eigenvalue weighted by Gasteiger charge is 2.26. The van der Waals surface area contributed by atoms with E-state index in [1.54, 1.807) is 12.1 Å². The van der Waals surface area contributed by atoms with Crippen LogP contribution in [0.3, 0.4) is 0 Å². The van der Waals surface area contributed by atoms with E-state index < -0.39 is 24.4 Å². The van der Waals surface area contributed by atoms with Gasteiger partial charge in [0.15, 0.2) is 18.1 Å². The fourth-order valence-corrected chi connectivity index (χ4v) is 5.07. The summed E-state index contributed by atoms with van der Waals surface area (Å²) in [6, 6.07) is 3.35. The minimum atomic E-state index is -0.582. The van der Waals surface area contributed by atoms with Crippen LogP contribution in [0.4, 0.5) is 5.00 Å². The number of primary amides is 1. The third kappa shape index (κ3) is 4.76. The third-order valence-electron chi connectivity index (χ3n) is 4.67. The van der Waals surface area contributed by atoms with Crippen molar-refractivity contribution in [1.82, 2.24) is 0 Å². The van der Waals surface area contributed by atoms with E-state index in [2.05, 4.69) is 21.2 Å². The number of amides is 2. The topological polar surface area (TPSA) is 117 Å². The van der Waals surface area contributed by atoms with Gasteiger partial charge in [0.05, 0.1) is 26.2 Å². The summed E-state index contributed by atoms with van der Waals surface area (Å²) in [6.07, 6.45) is 2.55. The van der Waals surface area contributed by atoms with Crippen LogP contribution in [0.2, 0.25) is 0 Å². The van der Waals surface area contributed by atoms with E-state index in [-0.39, 0.29) is 6.42 Å². The molecule has 3 N–H and O–H groups in total. The first-order valence-corrected chi connectivity index (χ1v) is 10.7. The van der Waals surface area contributed by atoms with Crippen LogP contribution in [0.5, 0.6) is 11.5 Å². The van der Waals surface area contributed by atoms with Gasteiger partial charge in [0.25, 0.3) is 11.8 Å². The van der Waals surface area contributed by atoms with Gasteiger partial charge in [0.1, 0.15) is 5.00 Å². The summed E-state index contributed by atoms with van der Waals surface area (Å²) < 4.78 is 16.2. The zero-order chi connectivity index (χ0) is 21.8. The smallest absolute Gasteiger partial charge is 0.310 e. The van der Waals surface area contributed by atoms with E-state index in [0.717, 1.165) is 29.7 Å². The highest BCUT2D eigenvalue weighted by molar-refractivity contribution is 9.10. The molecule has 10 heteroatoms. The van der Waals surface area contributed by atoms with Gasteiger partial charge in [-0.1, -0.05) is 15.9 Å². The van der Waals surface area contributed by atoms with E-state index >= 15 is 0 Å². The van der Waals surface area contributed by atoms with Gasteiger partial charge >= 0.3 is 5.97 Å². The van der Waals surface area contributed by atoms with Crippen LogP contribution in [0.1, 0.15) is 32.8 Å². The Morgan fingerprint density at radius 3 is 2.53 bits per heavy atom. The Balaban J connectivity index is 1.60. The van der Waals surface area contributed by atoms with Crippen LogP contribution in [0.25, 0.3) is 0 Å². The zero-order valence-corrected chi connectivity index (χ0v) is 18.9. The summed E-state index contributed by atoms with van der Waals surface area (Å²) in [7, 11) is 3.02. The maximum Gasteiger partial charge on any atom is 0.310 e. The molecule has 0 radical (unpaired) electrons. The molecule has 0 aliphatic heterocycles. The first kappa shape index (κ1) is 22.1. The molecule has 0 bridgehead atoms. The van der Waals surface area contributed by atoms with Crippen molar-refractivity contribution >= 4 is 50.1 Å². The minimum absolute atomic E-state index is 0.0615. The molecule has 1 heterocycles. The number of carbonyl (C=O) groups excluding carboxylic acids is 3. The van der Waals surface area contributed by atoms with Crippen molar-refractivity contribution in [3.8, 4) is 11.5 Å². The lowest BCUT2D eigenvalue weighted by atomic mass is 10.1. The number of hydrogen-bond donors (Lipinski definition) is 2. The number of nitrogens with two attached hydrogens (primary N) is 1. The molecule has 8 nitrogen and oxygen atoms in total. The molecular weight excluding hydrogens is 476 g/mol. The van der Waals surface area contributed by atoms with Gasteiger partial charge in [-0.3, -0.25) is 14.4 Å². The van der Waals surface area contributed by atoms with Gasteiger partial charge in [-0.05, 0) is 42.5 Å². The normalized spacial score (nSPS) is 12.2. The fourth-order valence-electron chi connectivity index (χ4n) is 3.30. The highest BCUT2D eigenvalue weighted by atomic mass is 79.9. The molecule has 3 rings (SSSR count). The summed E-state index contributed by atoms with van der Waals surface area (Å²) in [5, 5.41) is 3.05. The molecule has 0 saturated carbocycles. The van der Waals surface area contributed by atoms with Gasteiger partial charge in [-0.2, -0.15) is 0 Å². The van der Waals surface area contributed by atoms with Gasteiger partial charge < -0.3 is 25.3 Å². The maximum absolute atomic E-state index is 12.2. The Kier molecular flexibility index (Phi) is 6.99. The lowest BCUT2D eigenvalue weighted by Crippen LogP contribution is -2.23. The number of rotatable bonds is 8. The van der Waals surface area contributed by atoms with Crippen LogP contribution in [0, 0.1) is 0 Å². The second-order valence-corrected chi connectivity index (χ2v) is 8.57. The van der Waals surface area contributed by atoms with Gasteiger partial charge in [-0.25, -0.2) is 0 Å². The molecule has 0 spiro atoms. The average Bonchev–Trinajstić information content (AvgIpc) is 3.28. The minimum Gasteiger partial charge on any atom is -0.493 e. The summed E-state index contributed by atoms with van der Waals surface area (Å²) in [5.41, 5.74) is 7.39. The Bertz CT molecular complexity index is 1000. The van der Waals surface area contributed by atoms with Crippen molar-refractivity contribution in [3.05, 3.63) is 38.2 Å². The summed E-state index contributed by atoms with van der Waals surface area (Å²) in [6.45, 7) is -0.468. The van der Waals surface area contributed by atoms with Crippen LogP contribution in [0.15, 0.2) is 16.6 Å². The Morgan fingerprint density at radius 1 is 1.17 bits per heavy atom. The summed E-state index contributed by atoms with van der Waals surface area (Å²) in [4.78, 5) is 37.3. The molecule has 1 aliphatic rings. The second kappa shape index (κ2) is 9.48. The zero-order valence-electron chi connectivity index (χ0n) is 16.5. The first-order chi connectivity index (χ1) is 14.3. The lowest BCUT2D eigenvalue weighted by Gasteiger charge is -2.12. The second-order valence-electron chi connectivity index (χ2n) is 6.61. The van der Waals surface area contributed by atoms with Gasteiger partial charge in [-0.15, -0.1) is 11.3 Å². The molecule has 1 aromatic carbocycles. The van der Waals surface area contributed by atoms with E-state index in [1.165, 1.54) is 25.6 Å². The molecule has 0 unspecified atom stereocenters. The molecule has 0 fully saturated rings. The van der Waals surface area contributed by atoms with Gasteiger partial charge in [0.2, 0.25) is 0 Å². The van der Waals surface area contributed by atoms with Crippen molar-refractivity contribution in [2.75, 3.05) is 26.1 Å². The average molecular weight is 497 g/mol. The number of aryl methyl sites for hydroxylation is 1. The van der Waals surface area contributed by atoms with Crippen molar-refractivity contribution in [3.63, 3.8) is 0 Å². The molecule has 160 valence electrons. The number of hydrogen-bond acceptors (Lipinski definition) is 7. The summed E-state index contributed by atoms with van der Waals surface area (Å²) in [5.74, 6) is -0.682. The van der Waals surface area contributed by atoms with Crippen molar-refractivity contribution < 1.29 is 28.6 Å². The molecule has 1 aromatic heterocycles. The van der Waals surface area contributed by atoms with Crippen molar-refractivity contribution in [2.24, 2.45) is 5.73 Å². The number of anilines is 1. The molecule has 0 saturated heterocycles. The van der Waals surface area contributed by atoms with Crippen molar-refractivity contribution in [1.29, 1.82) is 0 Å². The van der Waals surface area contributed by atoms with Crippen LogP contribution in [-0.4, -0.2) is 38.6 Å². The third-order valence-corrected chi connectivity index (χ3v) is 6.62. The number of ether oxygens (including phenoxy) is 3. The van der Waals surface area contributed by atoms with Gasteiger partial charge in [0, 0.05) is 9.35 Å². The van der Waals surface area contributed by atoms with E-state index in [9.17, 15) is 14.4 Å². The van der Waals surface area contributed by atoms with Crippen molar-refractivity contribution in [2.45, 2.75) is 25.7 Å². The van der Waals surface area contributed by atoms with E-state index in [1.807, 2.05) is 0 Å². The standard InChI is InChI=1S/C20H21BrN2O6S/c1-27-13-6-10(12(21)8-14(13)28-2)7-17(25)29-9-16(24)23-20-18(19(22)26)11-4-3-5-15(11)30-20/h6,8H,3-5,7,9H2,1-2H3,(H2,22,26)(H,23,24). The number of esters is 1. The number of thiophene rings is 1. The SMILES string of the molecule is COc1cc(Br)c(CC(=O)OCC(=O)Nc2sc3c(c2C(N)=O)CCC3)cc1OC. The molecule has 30 heavy (non-hydrogen) atoms. The monoisotopic (exact) mass is 496 g/mol. The predicted molar refractivity (Wildman–Crippen MR) is 115 cm³/mol. The number of benzene rings is 1. The molecular formula is C20H21BrN2O6S. The number of carbonyl (C=O) groups is 3. The quantitative estimate of drug-likeness (QED) is 0.542. The van der Waals surface area contributed by atoms with Crippen LogP contribution in [-0.2, 0) is 33.6 Å². The lowest BCUT2D eigenvalue weighted by molar-refractivity contribution is -0.146. The largest absolute Gasteiger partial charge is 0.493 e. The van der Waals surface area contributed by atoms with E-state index in [0.29, 0.717) is 32.1 Å². The number of fused-ring (bicyclic) bond motifs is 1. The number of nitrogens with one attached hydrogen (secondary N) is 1. The molecule has 2 aromatic rings. The maximum atomic E-state index is 12.2. The fraction of sp³-hybridized carbons (Fsp3) is 0.350. The Hall–Kier alpha value is -2.59. The summed E-state index contributed by atoms with van der Waals surface area (Å²) >= 11 is 4.73. The highest BCUT2D eigenvalue weighted by Crippen LogP contribution is 2.38. The Morgan fingerprint density at radius 2 is 1.87 bits per heavy atom. The Labute approximate surface area is 185 Å².